The van der Waals surface area contributed by atoms with Gasteiger partial charge in [-0.2, -0.15) is 0 Å². The number of aliphatic hydroxyl groups is 1. The number of carbonyl (C=O) groups is 2. The Morgan fingerprint density at radius 1 is 1.08 bits per heavy atom. The number of non-ortho nitro benzene ring substituents is 1. The van der Waals surface area contributed by atoms with Crippen molar-refractivity contribution in [3.05, 3.63) is 80.4 Å². The second kappa shape index (κ2) is 6.37. The molecule has 8 heteroatoms. The third-order valence-electron chi connectivity index (χ3n) is 3.70. The largest absolute Gasteiger partial charge is 0.507 e. The van der Waals surface area contributed by atoms with E-state index < -0.39 is 28.5 Å². The topological polar surface area (TPSA) is 107 Å². The second-order valence-corrected chi connectivity index (χ2v) is 5.67. The van der Waals surface area contributed by atoms with E-state index in [0.717, 1.165) is 0 Å². The summed E-state index contributed by atoms with van der Waals surface area (Å²) in [5.74, 6) is -2.47. The zero-order valence-electron chi connectivity index (χ0n) is 12.5. The number of rotatable bonds is 3. The van der Waals surface area contributed by atoms with Crippen LogP contribution in [-0.2, 0) is 14.3 Å². The smallest absolute Gasteiger partial charge is 0.380 e. The first kappa shape index (κ1) is 16.7. The van der Waals surface area contributed by atoms with Gasteiger partial charge in [-0.15, -0.1) is 0 Å². The molecule has 0 amide bonds. The summed E-state index contributed by atoms with van der Waals surface area (Å²) in [4.78, 5) is 34.0. The maximum absolute atomic E-state index is 12.1. The average molecular weight is 360 g/mol. The zero-order chi connectivity index (χ0) is 18.1. The van der Waals surface area contributed by atoms with Gasteiger partial charge in [0.2, 0.25) is 0 Å². The number of nitro groups is 1. The van der Waals surface area contributed by atoms with Crippen molar-refractivity contribution < 1.29 is 24.4 Å². The number of cyclic esters (lactones) is 1. The molecule has 2 aromatic rings. The average Bonchev–Trinajstić information content (AvgIpc) is 2.90. The van der Waals surface area contributed by atoms with Crippen LogP contribution in [0.15, 0.2) is 54.1 Å². The number of nitro benzene ring substituents is 1. The lowest BCUT2D eigenvalue weighted by atomic mass is 9.96. The summed E-state index contributed by atoms with van der Waals surface area (Å²) in [7, 11) is 0. The van der Waals surface area contributed by atoms with Crippen LogP contribution < -0.4 is 0 Å². The van der Waals surface area contributed by atoms with Gasteiger partial charge < -0.3 is 9.84 Å². The van der Waals surface area contributed by atoms with Crippen LogP contribution in [0.25, 0.3) is 5.76 Å². The molecule has 0 saturated carbocycles. The van der Waals surface area contributed by atoms with E-state index in [4.69, 9.17) is 16.3 Å². The third kappa shape index (κ3) is 3.09. The molecular weight excluding hydrogens is 350 g/mol. The Morgan fingerprint density at radius 3 is 2.24 bits per heavy atom. The number of aliphatic hydroxyl groups excluding tert-OH is 1. The van der Waals surface area contributed by atoms with Crippen molar-refractivity contribution in [1.82, 2.24) is 0 Å². The fourth-order valence-corrected chi connectivity index (χ4v) is 2.58. The summed E-state index contributed by atoms with van der Waals surface area (Å²) < 4.78 is 5.04. The van der Waals surface area contributed by atoms with Crippen molar-refractivity contribution in [2.45, 2.75) is 6.10 Å². The molecule has 0 aliphatic carbocycles. The van der Waals surface area contributed by atoms with E-state index in [0.29, 0.717) is 10.6 Å². The van der Waals surface area contributed by atoms with Gasteiger partial charge in [-0.25, -0.2) is 4.79 Å². The van der Waals surface area contributed by atoms with Gasteiger partial charge in [-0.1, -0.05) is 11.6 Å². The highest BCUT2D eigenvalue weighted by Crippen LogP contribution is 2.37. The molecule has 0 bridgehead atoms. The maximum atomic E-state index is 12.1. The van der Waals surface area contributed by atoms with Crippen LogP contribution in [0.4, 0.5) is 5.69 Å². The highest BCUT2D eigenvalue weighted by Gasteiger charge is 2.42. The summed E-state index contributed by atoms with van der Waals surface area (Å²) in [5.41, 5.74) is 0.256. The SMILES string of the molecule is O=C1O[C@@H](c2ccc([N+](=O)[O-])cc2)/C(=C(\O)c2ccc(Cl)cc2)C1=O. The molecule has 1 aliphatic heterocycles. The minimum absolute atomic E-state index is 0.146. The van der Waals surface area contributed by atoms with E-state index in [2.05, 4.69) is 0 Å². The second-order valence-electron chi connectivity index (χ2n) is 5.23. The third-order valence-corrected chi connectivity index (χ3v) is 3.95. The molecule has 1 N–H and O–H groups in total. The van der Waals surface area contributed by atoms with Crippen molar-refractivity contribution in [3.63, 3.8) is 0 Å². The molecule has 1 saturated heterocycles. The van der Waals surface area contributed by atoms with Gasteiger partial charge in [0.05, 0.1) is 10.5 Å². The van der Waals surface area contributed by atoms with Gasteiger partial charge >= 0.3 is 5.97 Å². The van der Waals surface area contributed by atoms with Crippen LogP contribution in [0.5, 0.6) is 0 Å². The Kier molecular flexibility index (Phi) is 4.24. The predicted molar refractivity (Wildman–Crippen MR) is 87.9 cm³/mol. The van der Waals surface area contributed by atoms with Gasteiger partial charge in [0.1, 0.15) is 5.76 Å². The molecule has 7 nitrogen and oxygen atoms in total. The Balaban J connectivity index is 2.07. The molecule has 3 rings (SSSR count). The minimum atomic E-state index is -1.14. The highest BCUT2D eigenvalue weighted by molar-refractivity contribution is 6.44. The van der Waals surface area contributed by atoms with Crippen LogP contribution in [0, 0.1) is 10.1 Å². The van der Waals surface area contributed by atoms with Crippen molar-refractivity contribution in [2.75, 3.05) is 0 Å². The lowest BCUT2D eigenvalue weighted by molar-refractivity contribution is -0.384. The van der Waals surface area contributed by atoms with Crippen molar-refractivity contribution in [1.29, 1.82) is 0 Å². The van der Waals surface area contributed by atoms with Crippen LogP contribution in [0.2, 0.25) is 5.02 Å². The van der Waals surface area contributed by atoms with Crippen LogP contribution in [0.1, 0.15) is 17.2 Å². The first-order chi connectivity index (χ1) is 11.9. The number of carbonyl (C=O) groups excluding carboxylic acids is 2. The molecule has 126 valence electrons. The van der Waals surface area contributed by atoms with Crippen LogP contribution >= 0.6 is 11.6 Å². The number of benzene rings is 2. The lowest BCUT2D eigenvalue weighted by Crippen LogP contribution is -2.08. The molecule has 25 heavy (non-hydrogen) atoms. The number of hydrogen-bond acceptors (Lipinski definition) is 6. The van der Waals surface area contributed by atoms with E-state index >= 15 is 0 Å². The summed E-state index contributed by atoms with van der Waals surface area (Å²) in [6, 6.07) is 11.2. The first-order valence-corrected chi connectivity index (χ1v) is 7.45. The Bertz CT molecular complexity index is 902. The predicted octanol–water partition coefficient (Wildman–Crippen LogP) is 3.38. The number of Topliss-reactive ketones (excluding diaryl/α,β-unsaturated/α-hetero) is 1. The van der Waals surface area contributed by atoms with E-state index in [-0.39, 0.29) is 16.8 Å². The van der Waals surface area contributed by atoms with Crippen LogP contribution in [0.3, 0.4) is 0 Å². The molecule has 0 aromatic heterocycles. The van der Waals surface area contributed by atoms with Gasteiger partial charge in [-0.05, 0) is 42.0 Å². The molecule has 1 heterocycles. The number of ether oxygens (including phenoxy) is 1. The maximum Gasteiger partial charge on any atom is 0.380 e. The number of halogens is 1. The van der Waals surface area contributed by atoms with E-state index in [1.807, 2.05) is 0 Å². The standard InChI is InChI=1S/C17H10ClNO6/c18-11-5-1-9(2-6-11)14(20)13-15(21)17(22)25-16(13)10-3-7-12(8-4-10)19(23)24/h1-8,16,20H/b14-13-/t16-/m0/s1. The molecule has 0 unspecified atom stereocenters. The fraction of sp³-hybridized carbons (Fsp3) is 0.0588. The lowest BCUT2D eigenvalue weighted by Gasteiger charge is -2.12. The van der Waals surface area contributed by atoms with Crippen molar-refractivity contribution in [2.24, 2.45) is 0 Å². The van der Waals surface area contributed by atoms with E-state index in [1.165, 1.54) is 48.5 Å². The summed E-state index contributed by atoms with van der Waals surface area (Å²) >= 11 is 5.79. The molecule has 0 radical (unpaired) electrons. The Labute approximate surface area is 146 Å². The van der Waals surface area contributed by atoms with Gasteiger partial charge in [0, 0.05) is 22.7 Å². The Morgan fingerprint density at radius 2 is 1.68 bits per heavy atom. The summed E-state index contributed by atoms with van der Waals surface area (Å²) in [5, 5.41) is 21.6. The van der Waals surface area contributed by atoms with Crippen molar-refractivity contribution in [3.8, 4) is 0 Å². The van der Waals surface area contributed by atoms with Gasteiger partial charge in [-0.3, -0.25) is 14.9 Å². The van der Waals surface area contributed by atoms with Gasteiger partial charge in [0.25, 0.3) is 11.5 Å². The molecule has 2 aromatic carbocycles. The summed E-state index contributed by atoms with van der Waals surface area (Å²) in [6.07, 6.45) is -1.14. The molecule has 1 aliphatic rings. The molecule has 1 atom stereocenters. The van der Waals surface area contributed by atoms with E-state index in [9.17, 15) is 24.8 Å². The van der Waals surface area contributed by atoms with Crippen LogP contribution in [-0.4, -0.2) is 21.8 Å². The molecular formula is C17H10ClNO6. The first-order valence-electron chi connectivity index (χ1n) is 7.07. The minimum Gasteiger partial charge on any atom is -0.507 e. The highest BCUT2D eigenvalue weighted by atomic mass is 35.5. The monoisotopic (exact) mass is 359 g/mol. The fourth-order valence-electron chi connectivity index (χ4n) is 2.45. The molecule has 1 fully saturated rings. The summed E-state index contributed by atoms with van der Waals surface area (Å²) in [6.45, 7) is 0. The Hall–Kier alpha value is -3.19. The van der Waals surface area contributed by atoms with Crippen molar-refractivity contribution >= 4 is 34.8 Å². The quantitative estimate of drug-likeness (QED) is 0.225. The van der Waals surface area contributed by atoms with Gasteiger partial charge in [0.15, 0.2) is 6.10 Å². The number of hydrogen-bond donors (Lipinski definition) is 1. The number of esters is 1. The number of ketones is 1. The normalized spacial score (nSPS) is 18.8. The zero-order valence-corrected chi connectivity index (χ0v) is 13.3. The van der Waals surface area contributed by atoms with E-state index in [1.54, 1.807) is 0 Å². The number of nitrogens with zero attached hydrogens (tertiary/aromatic N) is 1. The molecule has 0 spiro atoms.